The monoisotopic (exact) mass is 266 g/mol. The second-order valence-electron chi connectivity index (χ2n) is 3.52. The first-order chi connectivity index (χ1) is 8.49. The van der Waals surface area contributed by atoms with Crippen molar-refractivity contribution in [3.63, 3.8) is 0 Å². The Morgan fingerprint density at radius 2 is 2.17 bits per heavy atom. The highest BCUT2D eigenvalue weighted by atomic mass is 32.2. The maximum Gasteiger partial charge on any atom is 0.264 e. The number of nitrogens with one attached hydrogen (secondary N) is 2. The van der Waals surface area contributed by atoms with E-state index in [1.54, 1.807) is 6.07 Å². The summed E-state index contributed by atoms with van der Waals surface area (Å²) < 4.78 is 26.1. The van der Waals surface area contributed by atoms with Gasteiger partial charge in [-0.2, -0.15) is 10.1 Å². The van der Waals surface area contributed by atoms with Crippen molar-refractivity contribution in [3.8, 4) is 0 Å². The molecule has 2 rings (SSSR count). The van der Waals surface area contributed by atoms with Crippen LogP contribution in [0.5, 0.6) is 0 Å². The van der Waals surface area contributed by atoms with Crippen molar-refractivity contribution in [1.82, 2.24) is 15.2 Å². The Bertz CT molecular complexity index is 664. The molecular weight excluding hydrogens is 256 g/mol. The zero-order chi connectivity index (χ0) is 13.2. The largest absolute Gasteiger partial charge is 0.295 e. The van der Waals surface area contributed by atoms with Crippen LogP contribution in [0.4, 0.5) is 5.95 Å². The summed E-state index contributed by atoms with van der Waals surface area (Å²) in [6, 6.07) is 5.76. The van der Waals surface area contributed by atoms with E-state index in [2.05, 4.69) is 19.9 Å². The van der Waals surface area contributed by atoms with E-state index in [1.165, 1.54) is 31.5 Å². The maximum atomic E-state index is 12.0. The van der Waals surface area contributed by atoms with E-state index in [0.717, 1.165) is 0 Å². The highest BCUT2D eigenvalue weighted by molar-refractivity contribution is 7.92. The van der Waals surface area contributed by atoms with Crippen molar-refractivity contribution < 1.29 is 13.2 Å². The van der Waals surface area contributed by atoms with Crippen molar-refractivity contribution >= 4 is 21.8 Å². The van der Waals surface area contributed by atoms with Crippen LogP contribution < -0.4 is 4.72 Å². The number of aromatic amines is 1. The molecule has 2 aromatic rings. The van der Waals surface area contributed by atoms with E-state index in [9.17, 15) is 13.2 Å². The van der Waals surface area contributed by atoms with E-state index >= 15 is 0 Å². The minimum atomic E-state index is -3.78. The quantitative estimate of drug-likeness (QED) is 0.797. The van der Waals surface area contributed by atoms with Gasteiger partial charge in [-0.3, -0.25) is 4.79 Å². The van der Waals surface area contributed by atoms with Crippen LogP contribution in [0.15, 0.2) is 35.5 Å². The third-order valence-corrected chi connectivity index (χ3v) is 3.53. The van der Waals surface area contributed by atoms with Crippen LogP contribution in [0, 0.1) is 0 Å². The molecule has 0 fully saturated rings. The van der Waals surface area contributed by atoms with E-state index in [4.69, 9.17) is 0 Å². The van der Waals surface area contributed by atoms with Crippen LogP contribution in [-0.4, -0.2) is 29.4 Å². The summed E-state index contributed by atoms with van der Waals surface area (Å²) in [5, 5.41) is 5.91. The topological polar surface area (TPSA) is 105 Å². The van der Waals surface area contributed by atoms with Crippen molar-refractivity contribution in [2.45, 2.75) is 11.8 Å². The normalized spacial score (nSPS) is 11.2. The van der Waals surface area contributed by atoms with Gasteiger partial charge in [0.05, 0.1) is 4.90 Å². The SMILES string of the molecule is CC(=O)c1cccc(S(=O)(=O)Nc2ncn[nH]2)c1. The average molecular weight is 266 g/mol. The van der Waals surface area contributed by atoms with Gasteiger partial charge in [-0.1, -0.05) is 12.1 Å². The van der Waals surface area contributed by atoms with Crippen LogP contribution in [0.1, 0.15) is 17.3 Å². The average Bonchev–Trinajstić information content (AvgIpc) is 2.81. The van der Waals surface area contributed by atoms with Gasteiger partial charge in [0.1, 0.15) is 6.33 Å². The van der Waals surface area contributed by atoms with Gasteiger partial charge < -0.3 is 0 Å². The number of ketones is 1. The van der Waals surface area contributed by atoms with Gasteiger partial charge in [-0.25, -0.2) is 18.2 Å². The maximum absolute atomic E-state index is 12.0. The Labute approximate surface area is 103 Å². The number of carbonyl (C=O) groups excluding carboxylic acids is 1. The van der Waals surface area contributed by atoms with Crippen molar-refractivity contribution in [2.75, 3.05) is 4.72 Å². The van der Waals surface area contributed by atoms with E-state index in [-0.39, 0.29) is 16.6 Å². The third-order valence-electron chi connectivity index (χ3n) is 2.20. The molecule has 0 bridgehead atoms. The van der Waals surface area contributed by atoms with Gasteiger partial charge in [0, 0.05) is 5.56 Å². The molecule has 7 nitrogen and oxygen atoms in total. The first-order valence-electron chi connectivity index (χ1n) is 4.98. The number of nitrogens with zero attached hydrogens (tertiary/aromatic N) is 2. The van der Waals surface area contributed by atoms with Crippen LogP contribution in [0.3, 0.4) is 0 Å². The van der Waals surface area contributed by atoms with Crippen molar-refractivity contribution in [3.05, 3.63) is 36.2 Å². The Morgan fingerprint density at radius 1 is 1.39 bits per heavy atom. The molecule has 0 saturated carbocycles. The zero-order valence-corrected chi connectivity index (χ0v) is 10.2. The standard InChI is InChI=1S/C10H10N4O3S/c1-7(15)8-3-2-4-9(5-8)18(16,17)14-10-11-6-12-13-10/h2-6H,1H3,(H2,11,12,13,14). The number of aromatic nitrogens is 3. The molecule has 1 heterocycles. The lowest BCUT2D eigenvalue weighted by Crippen LogP contribution is -2.14. The predicted octanol–water partition coefficient (Wildman–Crippen LogP) is 0.808. The number of hydrogen-bond acceptors (Lipinski definition) is 5. The predicted molar refractivity (Wildman–Crippen MR) is 63.6 cm³/mol. The fourth-order valence-corrected chi connectivity index (χ4v) is 2.33. The molecule has 2 N–H and O–H groups in total. The number of Topliss-reactive ketones (excluding diaryl/α,β-unsaturated/α-hetero) is 1. The fraction of sp³-hybridized carbons (Fsp3) is 0.100. The van der Waals surface area contributed by atoms with Gasteiger partial charge in [0.25, 0.3) is 10.0 Å². The first-order valence-corrected chi connectivity index (χ1v) is 6.46. The molecule has 0 unspecified atom stereocenters. The molecule has 1 aromatic heterocycles. The Morgan fingerprint density at radius 3 is 2.78 bits per heavy atom. The van der Waals surface area contributed by atoms with Crippen molar-refractivity contribution in [1.29, 1.82) is 0 Å². The number of rotatable bonds is 4. The van der Waals surface area contributed by atoms with Gasteiger partial charge in [-0.15, -0.1) is 0 Å². The van der Waals surface area contributed by atoms with Gasteiger partial charge in [-0.05, 0) is 19.1 Å². The summed E-state index contributed by atoms with van der Waals surface area (Å²) in [6.45, 7) is 1.37. The molecule has 94 valence electrons. The summed E-state index contributed by atoms with van der Waals surface area (Å²) in [6.07, 6.45) is 1.18. The van der Waals surface area contributed by atoms with Crippen LogP contribution in [-0.2, 0) is 10.0 Å². The van der Waals surface area contributed by atoms with E-state index in [0.29, 0.717) is 5.56 Å². The molecule has 0 radical (unpaired) electrons. The second-order valence-corrected chi connectivity index (χ2v) is 5.21. The molecular formula is C10H10N4O3S. The molecule has 8 heteroatoms. The number of sulfonamides is 1. The number of carbonyl (C=O) groups is 1. The lowest BCUT2D eigenvalue weighted by Gasteiger charge is -2.05. The molecule has 0 aliphatic rings. The summed E-state index contributed by atoms with van der Waals surface area (Å²) in [5.41, 5.74) is 0.329. The molecule has 0 spiro atoms. The summed E-state index contributed by atoms with van der Waals surface area (Å²) in [7, 11) is -3.78. The summed E-state index contributed by atoms with van der Waals surface area (Å²) >= 11 is 0. The number of benzene rings is 1. The Balaban J connectivity index is 2.35. The number of hydrogen-bond donors (Lipinski definition) is 2. The molecule has 0 atom stereocenters. The minimum Gasteiger partial charge on any atom is -0.295 e. The smallest absolute Gasteiger partial charge is 0.264 e. The zero-order valence-electron chi connectivity index (χ0n) is 9.41. The van der Waals surface area contributed by atoms with Gasteiger partial charge in [0.15, 0.2) is 5.78 Å². The molecule has 18 heavy (non-hydrogen) atoms. The van der Waals surface area contributed by atoms with E-state index < -0.39 is 10.0 Å². The second kappa shape index (κ2) is 4.57. The molecule has 1 aromatic carbocycles. The van der Waals surface area contributed by atoms with Gasteiger partial charge in [0.2, 0.25) is 5.95 Å². The first kappa shape index (κ1) is 12.2. The summed E-state index contributed by atoms with van der Waals surface area (Å²) in [4.78, 5) is 14.9. The Kier molecular flexibility index (Phi) is 3.11. The highest BCUT2D eigenvalue weighted by Crippen LogP contribution is 2.14. The van der Waals surface area contributed by atoms with Gasteiger partial charge >= 0.3 is 0 Å². The number of H-pyrrole nitrogens is 1. The lowest BCUT2D eigenvalue weighted by atomic mass is 10.2. The molecule has 0 aliphatic carbocycles. The third kappa shape index (κ3) is 2.54. The van der Waals surface area contributed by atoms with Crippen LogP contribution in [0.25, 0.3) is 0 Å². The van der Waals surface area contributed by atoms with E-state index in [1.807, 2.05) is 0 Å². The fourth-order valence-electron chi connectivity index (χ4n) is 1.32. The lowest BCUT2D eigenvalue weighted by molar-refractivity contribution is 0.101. The van der Waals surface area contributed by atoms with Crippen LogP contribution in [0.2, 0.25) is 0 Å². The Hall–Kier alpha value is -2.22. The molecule has 0 amide bonds. The molecule has 0 saturated heterocycles. The minimum absolute atomic E-state index is 0.00778. The number of anilines is 1. The molecule has 0 aliphatic heterocycles. The summed E-state index contributed by atoms with van der Waals surface area (Å²) in [5.74, 6) is -0.185. The highest BCUT2D eigenvalue weighted by Gasteiger charge is 2.16. The van der Waals surface area contributed by atoms with Crippen LogP contribution >= 0.6 is 0 Å². The van der Waals surface area contributed by atoms with Crippen molar-refractivity contribution in [2.24, 2.45) is 0 Å².